The molecule has 0 aliphatic heterocycles. The van der Waals surface area contributed by atoms with Crippen LogP contribution >= 0.6 is 0 Å². The molecule has 0 aromatic carbocycles. The summed E-state index contributed by atoms with van der Waals surface area (Å²) in [5.74, 6) is 0. The smallest absolute Gasteiger partial charge is 0.279 e. The fourth-order valence-electron chi connectivity index (χ4n) is 1.50. The minimum Gasteiger partial charge on any atom is -0.279 e. The minimum absolute atomic E-state index is 0.00414. The molecule has 5 heteroatoms. The molecule has 0 bridgehead atoms. The Morgan fingerprint density at radius 3 is 2.84 bits per heavy atom. The van der Waals surface area contributed by atoms with E-state index >= 15 is 0 Å². The van der Waals surface area contributed by atoms with Crippen molar-refractivity contribution in [3.63, 3.8) is 0 Å². The third kappa shape index (κ3) is 5.70. The summed E-state index contributed by atoms with van der Waals surface area (Å²) in [5.41, 5.74) is 0.349. The third-order valence-electron chi connectivity index (χ3n) is 2.47. The minimum atomic E-state index is -3.62. The van der Waals surface area contributed by atoms with Crippen molar-refractivity contribution in [3.8, 4) is 0 Å². The number of pyridine rings is 1. The molecule has 1 N–H and O–H groups in total. The second-order valence-corrected chi connectivity index (χ2v) is 5.83. The molecular formula is C14H20N2O2S. The van der Waals surface area contributed by atoms with Crippen LogP contribution in [0, 0.1) is 0 Å². The predicted octanol–water partition coefficient (Wildman–Crippen LogP) is 3.01. The second-order valence-electron chi connectivity index (χ2n) is 4.20. The summed E-state index contributed by atoms with van der Waals surface area (Å²) in [4.78, 5) is 3.81. The van der Waals surface area contributed by atoms with E-state index in [0.29, 0.717) is 5.70 Å². The Kier molecular flexibility index (Phi) is 6.29. The Balaban J connectivity index is 2.52. The molecule has 0 spiro atoms. The molecule has 1 heterocycles. The Bertz CT molecular complexity index is 522. The number of allylic oxidation sites excluding steroid dienone is 2. The van der Waals surface area contributed by atoms with Crippen molar-refractivity contribution in [3.05, 3.63) is 48.8 Å². The van der Waals surface area contributed by atoms with Gasteiger partial charge in [0.1, 0.15) is 0 Å². The molecule has 0 unspecified atom stereocenters. The molecule has 0 saturated carbocycles. The largest absolute Gasteiger partial charge is 0.279 e. The fraction of sp³-hybridized carbons (Fsp3) is 0.357. The molecule has 1 aromatic heterocycles. The van der Waals surface area contributed by atoms with Crippen LogP contribution in [0.5, 0.6) is 0 Å². The van der Waals surface area contributed by atoms with Gasteiger partial charge < -0.3 is 0 Å². The summed E-state index contributed by atoms with van der Waals surface area (Å²) in [5, 5.41) is -0.00414. The first-order valence-corrected chi connectivity index (χ1v) is 7.84. The van der Waals surface area contributed by atoms with E-state index in [1.165, 1.54) is 25.1 Å². The van der Waals surface area contributed by atoms with Gasteiger partial charge in [0.25, 0.3) is 10.0 Å². The first-order chi connectivity index (χ1) is 9.06. The molecule has 0 saturated heterocycles. The van der Waals surface area contributed by atoms with Crippen LogP contribution in [-0.2, 0) is 10.0 Å². The molecule has 0 aliphatic rings. The van der Waals surface area contributed by atoms with E-state index in [2.05, 4.69) is 23.2 Å². The number of unbranched alkanes of at least 4 members (excludes halogenated alkanes) is 3. The Morgan fingerprint density at radius 2 is 2.21 bits per heavy atom. The van der Waals surface area contributed by atoms with E-state index in [-0.39, 0.29) is 5.03 Å². The van der Waals surface area contributed by atoms with E-state index in [0.717, 1.165) is 12.8 Å². The first-order valence-electron chi connectivity index (χ1n) is 6.35. The quantitative estimate of drug-likeness (QED) is 0.588. The van der Waals surface area contributed by atoms with Gasteiger partial charge in [0, 0.05) is 11.9 Å². The van der Waals surface area contributed by atoms with Crippen LogP contribution in [0.1, 0.15) is 32.6 Å². The van der Waals surface area contributed by atoms with E-state index in [1.807, 2.05) is 6.08 Å². The van der Waals surface area contributed by atoms with Crippen LogP contribution in [0.2, 0.25) is 0 Å². The van der Waals surface area contributed by atoms with Gasteiger partial charge in [-0.05, 0) is 31.1 Å². The fourth-order valence-corrected chi connectivity index (χ4v) is 2.48. The van der Waals surface area contributed by atoms with E-state index in [1.54, 1.807) is 18.2 Å². The van der Waals surface area contributed by atoms with Crippen molar-refractivity contribution in [2.45, 2.75) is 37.6 Å². The van der Waals surface area contributed by atoms with Crippen molar-refractivity contribution in [1.82, 2.24) is 9.71 Å². The Labute approximate surface area is 115 Å². The molecule has 0 amide bonds. The number of nitrogens with one attached hydrogen (secondary N) is 1. The lowest BCUT2D eigenvalue weighted by Gasteiger charge is -2.06. The predicted molar refractivity (Wildman–Crippen MR) is 77.0 cm³/mol. The van der Waals surface area contributed by atoms with Gasteiger partial charge in [-0.2, -0.15) is 8.42 Å². The van der Waals surface area contributed by atoms with Gasteiger partial charge in [-0.15, -0.1) is 0 Å². The monoisotopic (exact) mass is 280 g/mol. The lowest BCUT2D eigenvalue weighted by Crippen LogP contribution is -2.22. The van der Waals surface area contributed by atoms with Crippen LogP contribution in [0.3, 0.4) is 0 Å². The van der Waals surface area contributed by atoms with Gasteiger partial charge in [-0.3, -0.25) is 4.72 Å². The highest BCUT2D eigenvalue weighted by atomic mass is 32.2. The Hall–Kier alpha value is -1.62. The standard InChI is InChI=1S/C14H20N2O2S/c1-3-4-5-6-7-10-13(2)16-19(17,18)14-11-8-9-12-15-14/h7-12,16H,2-6H2,1H3. The maximum Gasteiger partial charge on any atom is 0.279 e. The number of hydrogen-bond donors (Lipinski definition) is 1. The van der Waals surface area contributed by atoms with E-state index in [9.17, 15) is 8.42 Å². The lowest BCUT2D eigenvalue weighted by molar-refractivity contribution is 0.585. The summed E-state index contributed by atoms with van der Waals surface area (Å²) < 4.78 is 26.2. The van der Waals surface area contributed by atoms with Crippen molar-refractivity contribution >= 4 is 10.0 Å². The molecular weight excluding hydrogens is 260 g/mol. The van der Waals surface area contributed by atoms with Gasteiger partial charge in [0.05, 0.1) is 0 Å². The molecule has 0 atom stereocenters. The van der Waals surface area contributed by atoms with E-state index in [4.69, 9.17) is 0 Å². The summed E-state index contributed by atoms with van der Waals surface area (Å²) >= 11 is 0. The van der Waals surface area contributed by atoms with Gasteiger partial charge >= 0.3 is 0 Å². The lowest BCUT2D eigenvalue weighted by atomic mass is 10.2. The molecule has 1 rings (SSSR count). The molecule has 1 aromatic rings. The highest BCUT2D eigenvalue weighted by molar-refractivity contribution is 7.89. The normalized spacial score (nSPS) is 11.6. The van der Waals surface area contributed by atoms with Crippen molar-refractivity contribution in [2.24, 2.45) is 0 Å². The molecule has 4 nitrogen and oxygen atoms in total. The van der Waals surface area contributed by atoms with Gasteiger partial charge in [0.2, 0.25) is 0 Å². The zero-order chi connectivity index (χ0) is 14.1. The summed E-state index contributed by atoms with van der Waals surface area (Å²) in [6.07, 6.45) is 9.44. The molecule has 0 fully saturated rings. The van der Waals surface area contributed by atoms with Gasteiger partial charge in [0.15, 0.2) is 5.03 Å². The third-order valence-corrected chi connectivity index (χ3v) is 3.79. The maximum atomic E-state index is 11.9. The first kappa shape index (κ1) is 15.4. The van der Waals surface area contributed by atoms with Crippen molar-refractivity contribution in [2.75, 3.05) is 0 Å². The van der Waals surface area contributed by atoms with E-state index < -0.39 is 10.0 Å². The summed E-state index contributed by atoms with van der Waals surface area (Å²) in [6.45, 7) is 5.82. The highest BCUT2D eigenvalue weighted by Crippen LogP contribution is 2.06. The van der Waals surface area contributed by atoms with Crippen LogP contribution in [0.25, 0.3) is 0 Å². The number of rotatable bonds is 8. The number of sulfonamides is 1. The highest BCUT2D eigenvalue weighted by Gasteiger charge is 2.14. The average molecular weight is 280 g/mol. The molecule has 0 radical (unpaired) electrons. The average Bonchev–Trinajstić information content (AvgIpc) is 2.39. The molecule has 19 heavy (non-hydrogen) atoms. The zero-order valence-corrected chi connectivity index (χ0v) is 12.0. The molecule has 104 valence electrons. The zero-order valence-electron chi connectivity index (χ0n) is 11.2. The van der Waals surface area contributed by atoms with Crippen LogP contribution < -0.4 is 4.72 Å². The van der Waals surface area contributed by atoms with Crippen molar-refractivity contribution < 1.29 is 8.42 Å². The van der Waals surface area contributed by atoms with Crippen LogP contribution in [-0.4, -0.2) is 13.4 Å². The number of hydrogen-bond acceptors (Lipinski definition) is 3. The maximum absolute atomic E-state index is 11.9. The SMILES string of the molecule is C=C(C=CCCCCC)NS(=O)(=O)c1ccccn1. The molecule has 0 aliphatic carbocycles. The topological polar surface area (TPSA) is 59.1 Å². The van der Waals surface area contributed by atoms with Crippen LogP contribution in [0.4, 0.5) is 0 Å². The number of aromatic nitrogens is 1. The van der Waals surface area contributed by atoms with Gasteiger partial charge in [-0.25, -0.2) is 4.98 Å². The Morgan fingerprint density at radius 1 is 1.42 bits per heavy atom. The van der Waals surface area contributed by atoms with Gasteiger partial charge in [-0.1, -0.05) is 38.5 Å². The van der Waals surface area contributed by atoms with Crippen molar-refractivity contribution in [1.29, 1.82) is 0 Å². The summed E-state index contributed by atoms with van der Waals surface area (Å²) in [6, 6.07) is 4.74. The second kappa shape index (κ2) is 7.74. The summed E-state index contributed by atoms with van der Waals surface area (Å²) in [7, 11) is -3.62. The van der Waals surface area contributed by atoms with Crippen LogP contribution in [0.15, 0.2) is 53.8 Å². The number of nitrogens with zero attached hydrogens (tertiary/aromatic N) is 1.